The fraction of sp³-hybridized carbons (Fsp3) is 0.556. The summed E-state index contributed by atoms with van der Waals surface area (Å²) in [7, 11) is 0. The number of hydrazine groups is 2. The molecule has 0 radical (unpaired) electrons. The SMILES string of the molecule is CC1(C)NNC2=CC=CC(Br)(NN)C21. The van der Waals surface area contributed by atoms with Crippen LogP contribution in [0.1, 0.15) is 13.8 Å². The van der Waals surface area contributed by atoms with Crippen LogP contribution in [0.15, 0.2) is 23.9 Å². The van der Waals surface area contributed by atoms with Crippen LogP contribution in [0.25, 0.3) is 0 Å². The first kappa shape index (κ1) is 10.2. The highest BCUT2D eigenvalue weighted by molar-refractivity contribution is 9.10. The van der Waals surface area contributed by atoms with E-state index in [4.69, 9.17) is 5.84 Å². The number of fused-ring (bicyclic) bond motifs is 1. The summed E-state index contributed by atoms with van der Waals surface area (Å²) < 4.78 is -0.378. The quantitative estimate of drug-likeness (QED) is 0.240. The second-order valence-corrected chi connectivity index (χ2v) is 5.61. The summed E-state index contributed by atoms with van der Waals surface area (Å²) in [5.74, 6) is 5.82. The lowest BCUT2D eigenvalue weighted by atomic mass is 9.79. The molecule has 0 amide bonds. The number of hydrogen-bond acceptors (Lipinski definition) is 4. The normalized spacial score (nSPS) is 38.9. The van der Waals surface area contributed by atoms with Crippen LogP contribution in [-0.4, -0.2) is 9.99 Å². The lowest BCUT2D eigenvalue weighted by Crippen LogP contribution is -2.56. The van der Waals surface area contributed by atoms with Gasteiger partial charge in [-0.1, -0.05) is 28.1 Å². The molecule has 1 saturated heterocycles. The molecule has 5 heteroatoms. The van der Waals surface area contributed by atoms with E-state index in [2.05, 4.69) is 52.1 Å². The molecule has 78 valence electrons. The number of allylic oxidation sites excluding steroid dienone is 2. The summed E-state index contributed by atoms with van der Waals surface area (Å²) in [6.45, 7) is 4.27. The maximum atomic E-state index is 5.58. The Kier molecular flexibility index (Phi) is 2.23. The molecule has 2 unspecified atom stereocenters. The molecular weight excluding hydrogens is 244 g/mol. The monoisotopic (exact) mass is 258 g/mol. The van der Waals surface area contributed by atoms with Crippen LogP contribution in [0, 0.1) is 5.92 Å². The fourth-order valence-electron chi connectivity index (χ4n) is 2.18. The van der Waals surface area contributed by atoms with Crippen LogP contribution in [0.3, 0.4) is 0 Å². The molecule has 1 heterocycles. The molecule has 14 heavy (non-hydrogen) atoms. The molecule has 0 saturated carbocycles. The first-order valence-corrected chi connectivity index (χ1v) is 5.38. The second-order valence-electron chi connectivity index (χ2n) is 4.30. The van der Waals surface area contributed by atoms with Crippen molar-refractivity contribution in [3.63, 3.8) is 0 Å². The van der Waals surface area contributed by atoms with E-state index in [1.165, 1.54) is 0 Å². The molecule has 4 nitrogen and oxygen atoms in total. The summed E-state index contributed by atoms with van der Waals surface area (Å²) in [6.07, 6.45) is 6.07. The van der Waals surface area contributed by atoms with Crippen LogP contribution < -0.4 is 22.1 Å². The van der Waals surface area contributed by atoms with Gasteiger partial charge in [0.1, 0.15) is 4.45 Å². The maximum absolute atomic E-state index is 5.58. The minimum Gasteiger partial charge on any atom is -0.325 e. The first-order valence-electron chi connectivity index (χ1n) is 4.59. The number of alkyl halides is 1. The average Bonchev–Trinajstić information content (AvgIpc) is 2.44. The van der Waals surface area contributed by atoms with Gasteiger partial charge in [-0.05, 0) is 19.9 Å². The van der Waals surface area contributed by atoms with Gasteiger partial charge < -0.3 is 5.43 Å². The molecule has 0 aromatic heterocycles. The highest BCUT2D eigenvalue weighted by atomic mass is 79.9. The van der Waals surface area contributed by atoms with Crippen LogP contribution in [0.5, 0.6) is 0 Å². The molecule has 5 N–H and O–H groups in total. The van der Waals surface area contributed by atoms with Crippen molar-refractivity contribution in [1.82, 2.24) is 16.3 Å². The highest BCUT2D eigenvalue weighted by Gasteiger charge is 2.50. The minimum absolute atomic E-state index is 0.0491. The summed E-state index contributed by atoms with van der Waals surface area (Å²) >= 11 is 3.63. The van der Waals surface area contributed by atoms with Gasteiger partial charge in [-0.2, -0.15) is 0 Å². The molecule has 0 spiro atoms. The van der Waals surface area contributed by atoms with Crippen LogP contribution in [-0.2, 0) is 0 Å². The van der Waals surface area contributed by atoms with Gasteiger partial charge in [0.2, 0.25) is 0 Å². The Morgan fingerprint density at radius 2 is 2.29 bits per heavy atom. The van der Waals surface area contributed by atoms with Gasteiger partial charge >= 0.3 is 0 Å². The molecule has 0 aromatic carbocycles. The third-order valence-electron chi connectivity index (χ3n) is 2.82. The van der Waals surface area contributed by atoms with Crippen molar-refractivity contribution < 1.29 is 0 Å². The van der Waals surface area contributed by atoms with E-state index in [0.29, 0.717) is 0 Å². The zero-order valence-corrected chi connectivity index (χ0v) is 9.85. The summed E-state index contributed by atoms with van der Waals surface area (Å²) in [6, 6.07) is 0. The highest BCUT2D eigenvalue weighted by Crippen LogP contribution is 2.42. The number of nitrogens with one attached hydrogen (secondary N) is 3. The van der Waals surface area contributed by atoms with Gasteiger partial charge in [0, 0.05) is 11.2 Å². The smallest absolute Gasteiger partial charge is 0.115 e. The Hall–Kier alpha value is -0.360. The van der Waals surface area contributed by atoms with Crippen molar-refractivity contribution >= 4 is 15.9 Å². The Bertz CT molecular complexity index is 310. The van der Waals surface area contributed by atoms with Gasteiger partial charge in [-0.3, -0.25) is 5.84 Å². The van der Waals surface area contributed by atoms with Crippen molar-refractivity contribution in [3.05, 3.63) is 23.9 Å². The Morgan fingerprint density at radius 1 is 1.57 bits per heavy atom. The first-order chi connectivity index (χ1) is 6.49. The Morgan fingerprint density at radius 3 is 2.93 bits per heavy atom. The number of rotatable bonds is 1. The van der Waals surface area contributed by atoms with E-state index in [9.17, 15) is 0 Å². The van der Waals surface area contributed by atoms with E-state index >= 15 is 0 Å². The van der Waals surface area contributed by atoms with Crippen LogP contribution in [0.4, 0.5) is 0 Å². The molecule has 1 fully saturated rings. The molecule has 2 atom stereocenters. The zero-order chi connectivity index (χ0) is 10.4. The Labute approximate surface area is 92.1 Å². The molecule has 0 aromatic rings. The maximum Gasteiger partial charge on any atom is 0.115 e. The molecule has 2 aliphatic rings. The zero-order valence-electron chi connectivity index (χ0n) is 8.26. The van der Waals surface area contributed by atoms with E-state index in [0.717, 1.165) is 5.70 Å². The topological polar surface area (TPSA) is 62.1 Å². The van der Waals surface area contributed by atoms with Crippen molar-refractivity contribution in [2.24, 2.45) is 11.8 Å². The number of nitrogens with two attached hydrogens (primary N) is 1. The van der Waals surface area contributed by atoms with Gasteiger partial charge in [0.05, 0.1) is 5.92 Å². The number of halogens is 1. The second kappa shape index (κ2) is 3.06. The van der Waals surface area contributed by atoms with Gasteiger partial charge in [0.15, 0.2) is 0 Å². The third kappa shape index (κ3) is 1.32. The standard InChI is InChI=1S/C9H15BrN4/c1-8(2)7-6(12-14-8)4-3-5-9(7,10)13-11/h3-5,7,12-14H,11H2,1-2H3. The summed E-state index contributed by atoms with van der Waals surface area (Å²) in [5.41, 5.74) is 10.3. The molecular formula is C9H15BrN4. The average molecular weight is 259 g/mol. The molecule has 1 aliphatic heterocycles. The van der Waals surface area contributed by atoms with Crippen molar-refractivity contribution in [1.29, 1.82) is 0 Å². The van der Waals surface area contributed by atoms with Crippen LogP contribution >= 0.6 is 15.9 Å². The predicted octanol–water partition coefficient (Wildman–Crippen LogP) is 0.497. The van der Waals surface area contributed by atoms with Crippen molar-refractivity contribution in [2.75, 3.05) is 0 Å². The lowest BCUT2D eigenvalue weighted by molar-refractivity contribution is 0.286. The van der Waals surface area contributed by atoms with Gasteiger partial charge in [-0.25, -0.2) is 10.9 Å². The fourth-order valence-corrected chi connectivity index (χ4v) is 3.15. The lowest BCUT2D eigenvalue weighted by Gasteiger charge is -2.38. The van der Waals surface area contributed by atoms with Crippen molar-refractivity contribution in [3.8, 4) is 0 Å². The van der Waals surface area contributed by atoms with E-state index < -0.39 is 0 Å². The van der Waals surface area contributed by atoms with Gasteiger partial charge in [-0.15, -0.1) is 0 Å². The van der Waals surface area contributed by atoms with E-state index in [-0.39, 0.29) is 15.9 Å². The van der Waals surface area contributed by atoms with Crippen LogP contribution in [0.2, 0.25) is 0 Å². The van der Waals surface area contributed by atoms with Gasteiger partial charge in [0.25, 0.3) is 0 Å². The number of hydrogen-bond donors (Lipinski definition) is 4. The minimum atomic E-state index is -0.378. The third-order valence-corrected chi connectivity index (χ3v) is 3.77. The van der Waals surface area contributed by atoms with E-state index in [1.807, 2.05) is 12.2 Å². The largest absolute Gasteiger partial charge is 0.325 e. The summed E-state index contributed by atoms with van der Waals surface area (Å²) in [5, 5.41) is 0. The molecule has 0 bridgehead atoms. The molecule has 1 aliphatic carbocycles. The molecule has 2 rings (SSSR count). The Balaban J connectivity index is 2.41. The predicted molar refractivity (Wildman–Crippen MR) is 60.0 cm³/mol. The summed E-state index contributed by atoms with van der Waals surface area (Å²) in [4.78, 5) is 0. The van der Waals surface area contributed by atoms with Crippen molar-refractivity contribution in [2.45, 2.75) is 23.8 Å². The van der Waals surface area contributed by atoms with E-state index in [1.54, 1.807) is 0 Å².